The zero-order chi connectivity index (χ0) is 10.6. The third kappa shape index (κ3) is 4.45. The van der Waals surface area contributed by atoms with Crippen LogP contribution in [0.4, 0.5) is 0 Å². The maximum absolute atomic E-state index is 2.43. The summed E-state index contributed by atoms with van der Waals surface area (Å²) in [6.07, 6.45) is 5.91. The molecule has 0 spiro atoms. The van der Waals surface area contributed by atoms with Gasteiger partial charge in [0.25, 0.3) is 0 Å². The van der Waals surface area contributed by atoms with Gasteiger partial charge in [-0.15, -0.1) is 0 Å². The fourth-order valence-electron chi connectivity index (χ4n) is 2.05. The molecule has 0 radical (unpaired) electrons. The number of hydrogen-bond donors (Lipinski definition) is 0. The zero-order valence-electron chi connectivity index (χ0n) is 10.4. The van der Waals surface area contributed by atoms with Gasteiger partial charge >= 0.3 is 0 Å². The van der Waals surface area contributed by atoms with Gasteiger partial charge in [0.05, 0.1) is 0 Å². The molecule has 1 heteroatoms. The molecule has 0 aromatic carbocycles. The summed E-state index contributed by atoms with van der Waals surface area (Å²) in [5, 5.41) is 0. The third-order valence-electron chi connectivity index (χ3n) is 3.70. The molecule has 0 N–H and O–H groups in total. The van der Waals surface area contributed by atoms with Gasteiger partial charge in [0.2, 0.25) is 0 Å². The van der Waals surface area contributed by atoms with Crippen LogP contribution in [-0.2, 0) is 0 Å². The minimum atomic E-state index is 0.876. The molecule has 0 aromatic heterocycles. The Morgan fingerprint density at radius 1 is 1.29 bits per heavy atom. The van der Waals surface area contributed by atoms with E-state index in [1.54, 1.807) is 0 Å². The molecule has 0 amide bonds. The van der Waals surface area contributed by atoms with Crippen molar-refractivity contribution in [3.05, 3.63) is 0 Å². The van der Waals surface area contributed by atoms with E-state index in [4.69, 9.17) is 0 Å². The van der Waals surface area contributed by atoms with Gasteiger partial charge in [0.15, 0.2) is 0 Å². The molecule has 1 nitrogen and oxygen atoms in total. The predicted octanol–water partition coefficient (Wildman–Crippen LogP) is 3.40. The van der Waals surface area contributed by atoms with E-state index < -0.39 is 0 Å². The summed E-state index contributed by atoms with van der Waals surface area (Å²) in [6.45, 7) is 9.49. The fraction of sp³-hybridized carbons (Fsp3) is 1.00. The molecule has 0 aromatic rings. The van der Waals surface area contributed by atoms with Crippen molar-refractivity contribution < 1.29 is 0 Å². The van der Waals surface area contributed by atoms with Gasteiger partial charge in [0, 0.05) is 0 Å². The summed E-state index contributed by atoms with van der Waals surface area (Å²) in [5.41, 5.74) is 0. The van der Waals surface area contributed by atoms with Crippen LogP contribution in [0.25, 0.3) is 0 Å². The SMILES string of the molecule is CCN(C)CC[C@H](CC1CC1)C(C)C. The molecule has 0 unspecified atom stereocenters. The summed E-state index contributed by atoms with van der Waals surface area (Å²) >= 11 is 0. The molecule has 1 fully saturated rings. The minimum Gasteiger partial charge on any atom is -0.307 e. The first-order chi connectivity index (χ1) is 6.63. The van der Waals surface area contributed by atoms with Crippen LogP contribution in [0.3, 0.4) is 0 Å². The Bertz CT molecular complexity index is 149. The molecule has 1 aliphatic rings. The summed E-state index contributed by atoms with van der Waals surface area (Å²) in [7, 11) is 2.23. The van der Waals surface area contributed by atoms with Gasteiger partial charge in [-0.25, -0.2) is 0 Å². The van der Waals surface area contributed by atoms with E-state index in [1.165, 1.54) is 38.8 Å². The molecule has 0 bridgehead atoms. The second kappa shape index (κ2) is 5.75. The average molecular weight is 197 g/mol. The second-order valence-corrected chi connectivity index (χ2v) is 5.37. The fourth-order valence-corrected chi connectivity index (χ4v) is 2.05. The highest BCUT2D eigenvalue weighted by atomic mass is 15.1. The molecule has 14 heavy (non-hydrogen) atoms. The first-order valence-corrected chi connectivity index (χ1v) is 6.32. The average Bonchev–Trinajstić information content (AvgIpc) is 2.94. The maximum Gasteiger partial charge on any atom is -0.00192 e. The lowest BCUT2D eigenvalue weighted by Gasteiger charge is -2.23. The third-order valence-corrected chi connectivity index (χ3v) is 3.70. The molecule has 1 atom stereocenters. The lowest BCUT2D eigenvalue weighted by molar-refractivity contribution is 0.259. The van der Waals surface area contributed by atoms with Gasteiger partial charge in [-0.05, 0) is 50.7 Å². The van der Waals surface area contributed by atoms with E-state index in [9.17, 15) is 0 Å². The van der Waals surface area contributed by atoms with Crippen LogP contribution in [0.5, 0.6) is 0 Å². The normalized spacial score (nSPS) is 19.3. The molecule has 1 aliphatic carbocycles. The molecule has 1 rings (SSSR count). The molecule has 84 valence electrons. The zero-order valence-corrected chi connectivity index (χ0v) is 10.4. The Balaban J connectivity index is 2.19. The second-order valence-electron chi connectivity index (χ2n) is 5.37. The van der Waals surface area contributed by atoms with Gasteiger partial charge in [0.1, 0.15) is 0 Å². The summed E-state index contributed by atoms with van der Waals surface area (Å²) < 4.78 is 0. The molecular formula is C13H27N. The van der Waals surface area contributed by atoms with Crippen molar-refractivity contribution in [2.45, 2.75) is 46.5 Å². The largest absolute Gasteiger partial charge is 0.307 e. The van der Waals surface area contributed by atoms with Gasteiger partial charge in [-0.2, -0.15) is 0 Å². The van der Waals surface area contributed by atoms with E-state index in [2.05, 4.69) is 32.7 Å². The van der Waals surface area contributed by atoms with Crippen molar-refractivity contribution in [1.29, 1.82) is 0 Å². The molecule has 0 aliphatic heterocycles. The Labute approximate surface area is 89.9 Å². The van der Waals surface area contributed by atoms with Crippen molar-refractivity contribution in [2.75, 3.05) is 20.1 Å². The Morgan fingerprint density at radius 2 is 1.93 bits per heavy atom. The topological polar surface area (TPSA) is 3.24 Å². The minimum absolute atomic E-state index is 0.876. The van der Waals surface area contributed by atoms with Crippen LogP contribution in [0.2, 0.25) is 0 Å². The van der Waals surface area contributed by atoms with Crippen LogP contribution < -0.4 is 0 Å². The summed E-state index contributed by atoms with van der Waals surface area (Å²) in [5.74, 6) is 2.94. The Kier molecular flexibility index (Phi) is 4.94. The predicted molar refractivity (Wildman–Crippen MR) is 63.5 cm³/mol. The summed E-state index contributed by atoms with van der Waals surface area (Å²) in [6, 6.07) is 0. The van der Waals surface area contributed by atoms with Crippen molar-refractivity contribution in [2.24, 2.45) is 17.8 Å². The maximum atomic E-state index is 2.43. The van der Waals surface area contributed by atoms with Crippen LogP contribution in [-0.4, -0.2) is 25.0 Å². The summed E-state index contributed by atoms with van der Waals surface area (Å²) in [4.78, 5) is 2.43. The molecule has 0 saturated heterocycles. The Morgan fingerprint density at radius 3 is 2.36 bits per heavy atom. The van der Waals surface area contributed by atoms with E-state index in [0.29, 0.717) is 0 Å². The van der Waals surface area contributed by atoms with Crippen LogP contribution in [0.15, 0.2) is 0 Å². The standard InChI is InChI=1S/C13H27N/c1-5-14(4)9-8-13(11(2)3)10-12-6-7-12/h11-13H,5-10H2,1-4H3/t13-/m1/s1. The monoisotopic (exact) mass is 197 g/mol. The molecule has 0 heterocycles. The van der Waals surface area contributed by atoms with Crippen molar-refractivity contribution in [1.82, 2.24) is 4.90 Å². The highest BCUT2D eigenvalue weighted by Gasteiger charge is 2.26. The van der Waals surface area contributed by atoms with E-state index in [0.717, 1.165) is 17.8 Å². The van der Waals surface area contributed by atoms with E-state index in [1.807, 2.05) is 0 Å². The van der Waals surface area contributed by atoms with E-state index in [-0.39, 0.29) is 0 Å². The lowest BCUT2D eigenvalue weighted by atomic mass is 9.87. The van der Waals surface area contributed by atoms with E-state index >= 15 is 0 Å². The van der Waals surface area contributed by atoms with Crippen LogP contribution in [0, 0.1) is 17.8 Å². The number of nitrogens with zero attached hydrogens (tertiary/aromatic N) is 1. The number of hydrogen-bond acceptors (Lipinski definition) is 1. The van der Waals surface area contributed by atoms with Gasteiger partial charge in [-0.1, -0.05) is 33.6 Å². The number of rotatable bonds is 7. The highest BCUT2D eigenvalue weighted by Crippen LogP contribution is 2.38. The quantitative estimate of drug-likeness (QED) is 0.604. The Hall–Kier alpha value is -0.0400. The van der Waals surface area contributed by atoms with Crippen LogP contribution in [0.1, 0.15) is 46.5 Å². The van der Waals surface area contributed by atoms with Crippen molar-refractivity contribution >= 4 is 0 Å². The molecular weight excluding hydrogens is 170 g/mol. The molecule has 1 saturated carbocycles. The van der Waals surface area contributed by atoms with Gasteiger partial charge in [-0.3, -0.25) is 0 Å². The first kappa shape index (κ1) is 12.0. The van der Waals surface area contributed by atoms with Gasteiger partial charge < -0.3 is 4.90 Å². The lowest BCUT2D eigenvalue weighted by Crippen LogP contribution is -2.23. The van der Waals surface area contributed by atoms with Crippen molar-refractivity contribution in [3.8, 4) is 0 Å². The smallest absolute Gasteiger partial charge is 0.00192 e. The van der Waals surface area contributed by atoms with Crippen LogP contribution >= 0.6 is 0 Å². The highest BCUT2D eigenvalue weighted by molar-refractivity contribution is 4.78. The van der Waals surface area contributed by atoms with Crippen molar-refractivity contribution in [3.63, 3.8) is 0 Å². The first-order valence-electron chi connectivity index (χ1n) is 6.32.